The molecular formula is C21H23N3O5S2. The van der Waals surface area contributed by atoms with Crippen molar-refractivity contribution in [3.8, 4) is 6.07 Å². The molecule has 0 atom stereocenters. The molecule has 0 spiro atoms. The van der Waals surface area contributed by atoms with Gasteiger partial charge in [-0.2, -0.15) is 9.57 Å². The van der Waals surface area contributed by atoms with Crippen molar-refractivity contribution in [1.29, 1.82) is 5.26 Å². The van der Waals surface area contributed by atoms with Crippen molar-refractivity contribution >= 4 is 31.5 Å². The molecule has 1 saturated heterocycles. The van der Waals surface area contributed by atoms with E-state index in [-0.39, 0.29) is 45.8 Å². The summed E-state index contributed by atoms with van der Waals surface area (Å²) in [4.78, 5) is 12.8. The first-order valence-electron chi connectivity index (χ1n) is 9.82. The zero-order valence-electron chi connectivity index (χ0n) is 17.0. The van der Waals surface area contributed by atoms with Crippen LogP contribution in [0.4, 0.5) is 5.69 Å². The van der Waals surface area contributed by atoms with Gasteiger partial charge in [0, 0.05) is 19.0 Å². The molecule has 0 bridgehead atoms. The van der Waals surface area contributed by atoms with Gasteiger partial charge in [0.2, 0.25) is 15.9 Å². The number of carbonyl (C=O) groups excluding carboxylic acids is 1. The molecule has 0 radical (unpaired) electrons. The number of piperidine rings is 1. The Balaban J connectivity index is 1.71. The van der Waals surface area contributed by atoms with Gasteiger partial charge in [-0.15, -0.1) is 0 Å². The largest absolute Gasteiger partial charge is 0.325 e. The maximum absolute atomic E-state index is 12.9. The van der Waals surface area contributed by atoms with Gasteiger partial charge in [-0.1, -0.05) is 31.2 Å². The number of carbonyl (C=O) groups is 1. The molecule has 1 amide bonds. The quantitative estimate of drug-likeness (QED) is 0.704. The van der Waals surface area contributed by atoms with E-state index in [2.05, 4.69) is 5.32 Å². The van der Waals surface area contributed by atoms with Gasteiger partial charge in [0.05, 0.1) is 26.8 Å². The molecule has 8 nitrogen and oxygen atoms in total. The second kappa shape index (κ2) is 9.18. The summed E-state index contributed by atoms with van der Waals surface area (Å²) in [5.41, 5.74) is 0.309. The van der Waals surface area contributed by atoms with Crippen molar-refractivity contribution in [2.45, 2.75) is 29.6 Å². The zero-order chi connectivity index (χ0) is 22.6. The summed E-state index contributed by atoms with van der Waals surface area (Å²) in [7, 11) is -7.34. The molecule has 2 aromatic rings. The Hall–Kier alpha value is -2.74. The highest BCUT2D eigenvalue weighted by molar-refractivity contribution is 7.91. The van der Waals surface area contributed by atoms with Crippen LogP contribution in [0.25, 0.3) is 0 Å². The maximum Gasteiger partial charge on any atom is 0.244 e. The number of amides is 1. The van der Waals surface area contributed by atoms with Gasteiger partial charge in [-0.05, 0) is 37.1 Å². The molecule has 1 fully saturated rings. The molecule has 0 unspecified atom stereocenters. The monoisotopic (exact) mass is 461 g/mol. The predicted molar refractivity (Wildman–Crippen MR) is 115 cm³/mol. The third-order valence-electron chi connectivity index (χ3n) is 5.31. The number of rotatable bonds is 6. The molecule has 0 saturated carbocycles. The molecule has 164 valence electrons. The molecule has 1 heterocycles. The fourth-order valence-electron chi connectivity index (χ4n) is 3.51. The second-order valence-corrected chi connectivity index (χ2v) is 11.3. The summed E-state index contributed by atoms with van der Waals surface area (Å²) in [5, 5.41) is 11.9. The van der Waals surface area contributed by atoms with E-state index in [1.807, 2.05) is 6.07 Å². The Morgan fingerprint density at radius 2 is 1.61 bits per heavy atom. The van der Waals surface area contributed by atoms with Crippen LogP contribution in [0.2, 0.25) is 0 Å². The summed E-state index contributed by atoms with van der Waals surface area (Å²) >= 11 is 0. The molecule has 3 rings (SSSR count). The Kier molecular flexibility index (Phi) is 6.79. The summed E-state index contributed by atoms with van der Waals surface area (Å²) in [5.74, 6) is -0.872. The maximum atomic E-state index is 12.9. The molecule has 2 aromatic carbocycles. The minimum atomic E-state index is -3.84. The van der Waals surface area contributed by atoms with E-state index in [1.54, 1.807) is 30.3 Å². The third kappa shape index (κ3) is 4.79. The van der Waals surface area contributed by atoms with Crippen LogP contribution in [0.5, 0.6) is 0 Å². The molecule has 1 aliphatic rings. The lowest BCUT2D eigenvalue weighted by Gasteiger charge is -2.30. The summed E-state index contributed by atoms with van der Waals surface area (Å²) in [6, 6.07) is 14.2. The molecular weight excluding hydrogens is 438 g/mol. The number of sulfone groups is 1. The number of sulfonamides is 1. The van der Waals surface area contributed by atoms with Crippen molar-refractivity contribution in [3.05, 3.63) is 54.1 Å². The van der Waals surface area contributed by atoms with Crippen LogP contribution in [0.15, 0.2) is 58.3 Å². The lowest BCUT2D eigenvalue weighted by molar-refractivity contribution is -0.120. The molecule has 10 heteroatoms. The van der Waals surface area contributed by atoms with E-state index in [1.165, 1.54) is 29.4 Å². The third-order valence-corrected chi connectivity index (χ3v) is 9.05. The predicted octanol–water partition coefficient (Wildman–Crippen LogP) is 2.39. The van der Waals surface area contributed by atoms with Crippen molar-refractivity contribution in [3.63, 3.8) is 0 Å². The Labute approximate surface area is 182 Å². The van der Waals surface area contributed by atoms with Gasteiger partial charge in [-0.3, -0.25) is 4.79 Å². The minimum Gasteiger partial charge on any atom is -0.325 e. The van der Waals surface area contributed by atoms with Crippen molar-refractivity contribution in [1.82, 2.24) is 4.31 Å². The fraction of sp³-hybridized carbons (Fsp3) is 0.333. The first-order chi connectivity index (χ1) is 14.7. The van der Waals surface area contributed by atoms with Gasteiger partial charge < -0.3 is 5.32 Å². The number of hydrogen-bond donors (Lipinski definition) is 1. The molecule has 1 N–H and O–H groups in total. The number of hydrogen-bond acceptors (Lipinski definition) is 6. The summed E-state index contributed by atoms with van der Waals surface area (Å²) < 4.78 is 51.7. The van der Waals surface area contributed by atoms with E-state index in [9.17, 15) is 26.9 Å². The number of anilines is 1. The van der Waals surface area contributed by atoms with Crippen LogP contribution in [0.1, 0.15) is 25.3 Å². The van der Waals surface area contributed by atoms with E-state index in [0.29, 0.717) is 12.8 Å². The number of benzene rings is 2. The fourth-order valence-corrected chi connectivity index (χ4v) is 6.18. The zero-order valence-corrected chi connectivity index (χ0v) is 18.6. The van der Waals surface area contributed by atoms with Crippen molar-refractivity contribution < 1.29 is 21.6 Å². The van der Waals surface area contributed by atoms with Crippen LogP contribution < -0.4 is 5.32 Å². The first kappa shape index (κ1) is 22.9. The first-order valence-corrected chi connectivity index (χ1v) is 12.9. The van der Waals surface area contributed by atoms with Crippen molar-refractivity contribution in [2.75, 3.05) is 24.2 Å². The van der Waals surface area contributed by atoms with Crippen LogP contribution in [0.3, 0.4) is 0 Å². The molecule has 0 aliphatic carbocycles. The van der Waals surface area contributed by atoms with E-state index in [0.717, 1.165) is 0 Å². The van der Waals surface area contributed by atoms with Crippen LogP contribution >= 0.6 is 0 Å². The number of nitrogens with one attached hydrogen (secondary N) is 1. The average Bonchev–Trinajstić information content (AvgIpc) is 2.79. The van der Waals surface area contributed by atoms with Crippen LogP contribution in [0, 0.1) is 17.2 Å². The van der Waals surface area contributed by atoms with Gasteiger partial charge in [0.25, 0.3) is 0 Å². The van der Waals surface area contributed by atoms with Gasteiger partial charge >= 0.3 is 0 Å². The smallest absolute Gasteiger partial charge is 0.244 e. The highest BCUT2D eigenvalue weighted by Crippen LogP contribution is 2.28. The molecule has 0 aromatic heterocycles. The van der Waals surface area contributed by atoms with E-state index < -0.39 is 25.8 Å². The Bertz CT molecular complexity index is 1230. The SMILES string of the molecule is CCS(=O)(=O)c1ccccc1NC(=O)C1CCN(S(=O)(=O)c2ccccc2C#N)CC1. The molecule has 1 aliphatic heterocycles. The highest BCUT2D eigenvalue weighted by atomic mass is 32.2. The lowest BCUT2D eigenvalue weighted by Crippen LogP contribution is -2.41. The van der Waals surface area contributed by atoms with Crippen LogP contribution in [-0.2, 0) is 24.7 Å². The minimum absolute atomic E-state index is 0.0425. The summed E-state index contributed by atoms with van der Waals surface area (Å²) in [6.07, 6.45) is 0.588. The standard InChI is InChI=1S/C21H23N3O5S2/c1-2-30(26,27)20-10-6-4-8-18(20)23-21(25)16-11-13-24(14-12-16)31(28,29)19-9-5-3-7-17(19)15-22/h3-10,16H,2,11-14H2,1H3,(H,23,25). The number of nitrogens with zero attached hydrogens (tertiary/aromatic N) is 2. The highest BCUT2D eigenvalue weighted by Gasteiger charge is 2.33. The Morgan fingerprint density at radius 3 is 2.23 bits per heavy atom. The number of para-hydroxylation sites is 1. The lowest BCUT2D eigenvalue weighted by atomic mass is 9.97. The average molecular weight is 462 g/mol. The molecule has 31 heavy (non-hydrogen) atoms. The van der Waals surface area contributed by atoms with Crippen LogP contribution in [-0.4, -0.2) is 45.9 Å². The normalized spacial score (nSPS) is 15.9. The van der Waals surface area contributed by atoms with Gasteiger partial charge in [-0.25, -0.2) is 16.8 Å². The number of nitriles is 1. The van der Waals surface area contributed by atoms with Gasteiger partial charge in [0.1, 0.15) is 6.07 Å². The van der Waals surface area contributed by atoms with Gasteiger partial charge in [0.15, 0.2) is 9.84 Å². The van der Waals surface area contributed by atoms with E-state index in [4.69, 9.17) is 0 Å². The second-order valence-electron chi connectivity index (χ2n) is 7.18. The van der Waals surface area contributed by atoms with Crippen molar-refractivity contribution in [2.24, 2.45) is 5.92 Å². The van der Waals surface area contributed by atoms with E-state index >= 15 is 0 Å². The summed E-state index contributed by atoms with van der Waals surface area (Å²) in [6.45, 7) is 1.80. The Morgan fingerprint density at radius 1 is 1.03 bits per heavy atom. The topological polar surface area (TPSA) is 124 Å².